The molecular formula is C21H26N6O5. The molecule has 1 saturated heterocycles. The predicted molar refractivity (Wildman–Crippen MR) is 113 cm³/mol. The van der Waals surface area contributed by atoms with Crippen molar-refractivity contribution in [3.63, 3.8) is 0 Å². The number of hydrogen-bond acceptors (Lipinski definition) is 9. The molecule has 3 heterocycles. The lowest BCUT2D eigenvalue weighted by molar-refractivity contribution is -0.118. The Morgan fingerprint density at radius 2 is 2.03 bits per heavy atom. The first kappa shape index (κ1) is 21.0. The van der Waals surface area contributed by atoms with E-state index in [1.807, 2.05) is 0 Å². The van der Waals surface area contributed by atoms with Crippen LogP contribution in [0.3, 0.4) is 0 Å². The number of carbonyl (C=O) groups excluding carboxylic acids is 1. The Morgan fingerprint density at radius 3 is 2.72 bits per heavy atom. The first-order valence-corrected chi connectivity index (χ1v) is 10.8. The third-order valence-corrected chi connectivity index (χ3v) is 6.31. The van der Waals surface area contributed by atoms with Crippen LogP contribution in [-0.4, -0.2) is 78.8 Å². The smallest absolute Gasteiger partial charge is 0.247 e. The van der Waals surface area contributed by atoms with E-state index < -0.39 is 31.1 Å². The molecule has 4 aliphatic rings. The quantitative estimate of drug-likeness (QED) is 0.282. The van der Waals surface area contributed by atoms with E-state index in [9.17, 15) is 20.1 Å². The Morgan fingerprint density at radius 1 is 1.16 bits per heavy atom. The summed E-state index contributed by atoms with van der Waals surface area (Å²) in [4.78, 5) is 25.3. The average Bonchev–Trinajstić information content (AvgIpc) is 3.38. The van der Waals surface area contributed by atoms with Crippen LogP contribution in [-0.2, 0) is 9.53 Å². The molecule has 32 heavy (non-hydrogen) atoms. The van der Waals surface area contributed by atoms with Crippen LogP contribution in [0.1, 0.15) is 19.1 Å². The first-order chi connectivity index (χ1) is 15.6. The monoisotopic (exact) mass is 442 g/mol. The van der Waals surface area contributed by atoms with E-state index in [1.165, 1.54) is 17.2 Å². The summed E-state index contributed by atoms with van der Waals surface area (Å²) in [5, 5.41) is 35.7. The highest BCUT2D eigenvalue weighted by atomic mass is 16.6. The lowest BCUT2D eigenvalue weighted by atomic mass is 9.76. The zero-order valence-electron chi connectivity index (χ0n) is 17.3. The summed E-state index contributed by atoms with van der Waals surface area (Å²) in [6, 6.07) is 0. The summed E-state index contributed by atoms with van der Waals surface area (Å²) in [6.07, 6.45) is 7.05. The van der Waals surface area contributed by atoms with Gasteiger partial charge in [0, 0.05) is 24.6 Å². The van der Waals surface area contributed by atoms with Crippen molar-refractivity contribution in [2.75, 3.05) is 25.0 Å². The maximum Gasteiger partial charge on any atom is 0.247 e. The topological polar surface area (TPSA) is 155 Å². The number of allylic oxidation sites excluding steroid dienone is 3. The molecule has 1 fully saturated rings. The SMILES string of the molecule is O=C(NCCNc1ncnc2c1ncn2[C@@H]1O[C@H](CO)[C@@H](O)[C@H]1O)C1=CC2C=CC1CC2. The molecule has 0 spiro atoms. The van der Waals surface area contributed by atoms with Gasteiger partial charge in [-0.05, 0) is 18.8 Å². The Kier molecular flexibility index (Phi) is 5.64. The van der Waals surface area contributed by atoms with Gasteiger partial charge in [0.1, 0.15) is 24.6 Å². The number of hydrogen-bond donors (Lipinski definition) is 5. The van der Waals surface area contributed by atoms with Crippen molar-refractivity contribution in [2.45, 2.75) is 37.4 Å². The normalized spacial score (nSPS) is 31.2. The van der Waals surface area contributed by atoms with Gasteiger partial charge in [-0.3, -0.25) is 9.36 Å². The summed E-state index contributed by atoms with van der Waals surface area (Å²) in [7, 11) is 0. The number of nitrogens with zero attached hydrogens (tertiary/aromatic N) is 4. The number of aromatic nitrogens is 4. The summed E-state index contributed by atoms with van der Waals surface area (Å²) in [5.74, 6) is 1.04. The lowest BCUT2D eigenvalue weighted by Crippen LogP contribution is -2.34. The predicted octanol–water partition coefficient (Wildman–Crippen LogP) is -0.512. The third kappa shape index (κ3) is 3.66. The van der Waals surface area contributed by atoms with Crippen LogP contribution >= 0.6 is 0 Å². The van der Waals surface area contributed by atoms with Gasteiger partial charge in [0.2, 0.25) is 5.91 Å². The highest BCUT2D eigenvalue weighted by Gasteiger charge is 2.44. The molecule has 3 aliphatic carbocycles. The molecule has 2 bridgehead atoms. The minimum absolute atomic E-state index is 0.0349. The summed E-state index contributed by atoms with van der Waals surface area (Å²) >= 11 is 0. The van der Waals surface area contributed by atoms with Gasteiger partial charge in [0.15, 0.2) is 23.2 Å². The molecule has 0 aromatic carbocycles. The van der Waals surface area contributed by atoms with Gasteiger partial charge in [-0.2, -0.15) is 0 Å². The molecule has 6 rings (SSSR count). The maximum atomic E-state index is 12.5. The summed E-state index contributed by atoms with van der Waals surface area (Å²) in [5.41, 5.74) is 1.73. The van der Waals surface area contributed by atoms with Crippen LogP contribution in [0.25, 0.3) is 11.2 Å². The number of fused-ring (bicyclic) bond motifs is 2. The van der Waals surface area contributed by atoms with Crippen LogP contribution in [0.15, 0.2) is 36.5 Å². The van der Waals surface area contributed by atoms with E-state index in [1.54, 1.807) is 0 Å². The molecule has 170 valence electrons. The van der Waals surface area contributed by atoms with Gasteiger partial charge in [0.25, 0.3) is 0 Å². The van der Waals surface area contributed by atoms with Crippen molar-refractivity contribution in [3.05, 3.63) is 36.5 Å². The number of amides is 1. The number of nitrogens with one attached hydrogen (secondary N) is 2. The molecule has 0 saturated carbocycles. The molecule has 2 aromatic heterocycles. The van der Waals surface area contributed by atoms with E-state index in [-0.39, 0.29) is 11.8 Å². The van der Waals surface area contributed by atoms with Crippen LogP contribution < -0.4 is 10.6 Å². The highest BCUT2D eigenvalue weighted by molar-refractivity contribution is 5.94. The fourth-order valence-electron chi connectivity index (χ4n) is 4.57. The molecule has 11 nitrogen and oxygen atoms in total. The van der Waals surface area contributed by atoms with Gasteiger partial charge in [-0.1, -0.05) is 18.2 Å². The van der Waals surface area contributed by atoms with E-state index in [0.717, 1.165) is 18.4 Å². The molecule has 6 atom stereocenters. The van der Waals surface area contributed by atoms with Gasteiger partial charge in [0.05, 0.1) is 12.9 Å². The maximum absolute atomic E-state index is 12.5. The van der Waals surface area contributed by atoms with Crippen molar-refractivity contribution in [2.24, 2.45) is 11.8 Å². The Labute approximate surface area is 183 Å². The number of ether oxygens (including phenoxy) is 1. The molecule has 2 aromatic rings. The van der Waals surface area contributed by atoms with Crippen molar-refractivity contribution in [1.82, 2.24) is 24.8 Å². The van der Waals surface area contributed by atoms with E-state index in [4.69, 9.17) is 4.74 Å². The minimum Gasteiger partial charge on any atom is -0.394 e. The molecule has 1 aliphatic heterocycles. The Hall–Kier alpha value is -2.86. The highest BCUT2D eigenvalue weighted by Crippen LogP contribution is 2.35. The van der Waals surface area contributed by atoms with E-state index >= 15 is 0 Å². The summed E-state index contributed by atoms with van der Waals surface area (Å²) < 4.78 is 7.07. The number of aliphatic hydroxyl groups is 3. The Balaban J connectivity index is 1.22. The number of rotatable bonds is 7. The van der Waals surface area contributed by atoms with Gasteiger partial charge >= 0.3 is 0 Å². The van der Waals surface area contributed by atoms with Gasteiger partial charge in [-0.15, -0.1) is 0 Å². The average molecular weight is 442 g/mol. The second-order valence-electron chi connectivity index (χ2n) is 8.31. The van der Waals surface area contributed by atoms with Crippen LogP contribution in [0.5, 0.6) is 0 Å². The number of imidazole rings is 1. The number of aliphatic hydroxyl groups excluding tert-OH is 3. The second-order valence-corrected chi connectivity index (χ2v) is 8.31. The van der Waals surface area contributed by atoms with E-state index in [0.29, 0.717) is 36.0 Å². The van der Waals surface area contributed by atoms with Gasteiger partial charge in [-0.25, -0.2) is 15.0 Å². The molecule has 11 heteroatoms. The molecule has 5 N–H and O–H groups in total. The molecule has 0 radical (unpaired) electrons. The first-order valence-electron chi connectivity index (χ1n) is 10.8. The van der Waals surface area contributed by atoms with Crippen LogP contribution in [0.2, 0.25) is 0 Å². The molecule has 2 unspecified atom stereocenters. The van der Waals surface area contributed by atoms with Crippen molar-refractivity contribution in [1.29, 1.82) is 0 Å². The molecular weight excluding hydrogens is 416 g/mol. The van der Waals surface area contributed by atoms with Crippen molar-refractivity contribution < 1.29 is 24.9 Å². The summed E-state index contributed by atoms with van der Waals surface area (Å²) in [6.45, 7) is 0.442. The zero-order chi connectivity index (χ0) is 22.2. The fraction of sp³-hybridized carbons (Fsp3) is 0.524. The van der Waals surface area contributed by atoms with Crippen molar-refractivity contribution in [3.8, 4) is 0 Å². The third-order valence-electron chi connectivity index (χ3n) is 6.31. The standard InChI is InChI=1S/C21H26N6O5/c28-8-14-16(29)17(30)21(32-14)27-10-26-15-18(24-9-25-19(15)27)22-5-6-23-20(31)13-7-11-1-3-12(13)4-2-11/h1,3,7,9-12,14,16-17,21,28-30H,2,4-6,8H2,(H,23,31)(H,22,24,25)/t11?,12?,14-,16-,17-,21-/m1/s1. The molecule has 1 amide bonds. The number of carbonyl (C=O) groups is 1. The fourth-order valence-corrected chi connectivity index (χ4v) is 4.57. The lowest BCUT2D eigenvalue weighted by Gasteiger charge is -2.29. The largest absolute Gasteiger partial charge is 0.394 e. The number of anilines is 1. The van der Waals surface area contributed by atoms with Crippen LogP contribution in [0, 0.1) is 11.8 Å². The van der Waals surface area contributed by atoms with Crippen LogP contribution in [0.4, 0.5) is 5.82 Å². The van der Waals surface area contributed by atoms with Gasteiger partial charge < -0.3 is 30.7 Å². The minimum atomic E-state index is -1.23. The van der Waals surface area contributed by atoms with Crippen molar-refractivity contribution >= 4 is 22.9 Å². The van der Waals surface area contributed by atoms with E-state index in [2.05, 4.69) is 43.8 Å². The second kappa shape index (κ2) is 8.58. The zero-order valence-corrected chi connectivity index (χ0v) is 17.3. The Bertz CT molecular complexity index is 1070.